The van der Waals surface area contributed by atoms with Crippen molar-refractivity contribution >= 4 is 29.5 Å². The molecular formula is C44H59N9O8. The number of ether oxygens (including phenoxy) is 3. The van der Waals surface area contributed by atoms with Gasteiger partial charge < -0.3 is 57.6 Å². The summed E-state index contributed by atoms with van der Waals surface area (Å²) >= 11 is 0. The first-order valence-electron chi connectivity index (χ1n) is 20.2. The summed E-state index contributed by atoms with van der Waals surface area (Å²) in [7, 11) is 1.42. The largest absolute Gasteiger partial charge is 0.493 e. The third-order valence-electron chi connectivity index (χ3n) is 9.73. The maximum Gasteiger partial charge on any atom is 0.252 e. The molecule has 0 aliphatic carbocycles. The molecule has 1 heterocycles. The number of benzene rings is 3. The Hall–Kier alpha value is -6.22. The van der Waals surface area contributed by atoms with Gasteiger partial charge in [-0.3, -0.25) is 24.0 Å². The van der Waals surface area contributed by atoms with Crippen molar-refractivity contribution in [2.24, 2.45) is 22.6 Å². The smallest absolute Gasteiger partial charge is 0.252 e. The van der Waals surface area contributed by atoms with Crippen LogP contribution in [-0.2, 0) is 25.6 Å². The molecule has 17 nitrogen and oxygen atoms in total. The SMILES string of the molecule is Cc1cc(OCC(C)(C)C)ccc1C(=O)N[C@@H](CCN)C(=O)N(C)[C@@H]1C(=O)N[C@@H](C)C(=O)N[C@H](C(=O)NCC#N)Cc2ccc(OCCN)c(c2)-c2cc1ccc2OCCN. The highest BCUT2D eigenvalue weighted by Crippen LogP contribution is 2.40. The van der Waals surface area contributed by atoms with Crippen molar-refractivity contribution in [3.05, 3.63) is 76.9 Å². The van der Waals surface area contributed by atoms with Crippen LogP contribution in [0, 0.1) is 23.7 Å². The van der Waals surface area contributed by atoms with E-state index in [-0.39, 0.29) is 57.6 Å². The summed E-state index contributed by atoms with van der Waals surface area (Å²) in [5.74, 6) is -1.82. The molecule has 0 saturated heterocycles. The summed E-state index contributed by atoms with van der Waals surface area (Å²) < 4.78 is 18.1. The summed E-state index contributed by atoms with van der Waals surface area (Å²) in [6, 6.07) is 12.2. The van der Waals surface area contributed by atoms with Crippen LogP contribution in [0.3, 0.4) is 0 Å². The predicted molar refractivity (Wildman–Crippen MR) is 229 cm³/mol. The highest BCUT2D eigenvalue weighted by Gasteiger charge is 2.36. The van der Waals surface area contributed by atoms with Gasteiger partial charge in [-0.2, -0.15) is 5.26 Å². The van der Waals surface area contributed by atoms with Gasteiger partial charge in [0.05, 0.1) is 12.7 Å². The van der Waals surface area contributed by atoms with E-state index < -0.39 is 53.7 Å². The summed E-state index contributed by atoms with van der Waals surface area (Å²) in [4.78, 5) is 70.9. The van der Waals surface area contributed by atoms with E-state index in [1.165, 1.54) is 18.9 Å². The average Bonchev–Trinajstić information content (AvgIpc) is 3.22. The van der Waals surface area contributed by atoms with Crippen LogP contribution < -0.4 is 52.7 Å². The molecule has 5 amide bonds. The number of hydrogen-bond donors (Lipinski definition) is 7. The van der Waals surface area contributed by atoms with Crippen LogP contribution in [0.25, 0.3) is 11.1 Å². The fraction of sp³-hybridized carbons (Fsp3) is 0.455. The molecule has 1 aliphatic rings. The van der Waals surface area contributed by atoms with E-state index in [2.05, 4.69) is 42.0 Å². The van der Waals surface area contributed by atoms with E-state index in [9.17, 15) is 24.0 Å². The van der Waals surface area contributed by atoms with Crippen molar-refractivity contribution in [1.82, 2.24) is 26.2 Å². The molecule has 17 heteroatoms. The highest BCUT2D eigenvalue weighted by molar-refractivity contribution is 6.00. The third kappa shape index (κ3) is 12.9. The van der Waals surface area contributed by atoms with Gasteiger partial charge in [0, 0.05) is 43.2 Å². The fourth-order valence-corrected chi connectivity index (χ4v) is 6.65. The number of rotatable bonds is 16. The second-order valence-electron chi connectivity index (χ2n) is 16.0. The first-order chi connectivity index (χ1) is 29.0. The van der Waals surface area contributed by atoms with Crippen molar-refractivity contribution in [1.29, 1.82) is 5.26 Å². The fourth-order valence-electron chi connectivity index (χ4n) is 6.65. The molecule has 0 radical (unpaired) electrons. The van der Waals surface area contributed by atoms with E-state index in [0.29, 0.717) is 57.2 Å². The molecule has 0 fully saturated rings. The molecule has 0 unspecified atom stereocenters. The number of amides is 5. The molecule has 3 aromatic carbocycles. The number of carbonyl (C=O) groups excluding carboxylic acids is 5. The van der Waals surface area contributed by atoms with Gasteiger partial charge in [-0.25, -0.2) is 0 Å². The Labute approximate surface area is 357 Å². The molecular weight excluding hydrogens is 783 g/mol. The minimum atomic E-state index is -1.38. The highest BCUT2D eigenvalue weighted by atomic mass is 16.5. The summed E-state index contributed by atoms with van der Waals surface area (Å²) in [5.41, 5.74) is 20.4. The van der Waals surface area contributed by atoms with Crippen LogP contribution in [0.4, 0.5) is 0 Å². The molecule has 4 atom stereocenters. The van der Waals surface area contributed by atoms with Gasteiger partial charge in [0.25, 0.3) is 5.91 Å². The lowest BCUT2D eigenvalue weighted by atomic mass is 9.93. The topological polar surface area (TPSA) is 266 Å². The number of nitrogens with two attached hydrogens (primary N) is 3. The van der Waals surface area contributed by atoms with Crippen molar-refractivity contribution < 1.29 is 38.2 Å². The van der Waals surface area contributed by atoms with Crippen molar-refractivity contribution in [2.45, 2.75) is 71.6 Å². The number of nitrogens with zero attached hydrogens (tertiary/aromatic N) is 2. The zero-order chi connectivity index (χ0) is 44.9. The molecule has 4 rings (SSSR count). The Morgan fingerprint density at radius 1 is 0.902 bits per heavy atom. The Morgan fingerprint density at radius 3 is 2.16 bits per heavy atom. The number of likely N-dealkylation sites (N-methyl/N-ethyl adjacent to an activating group) is 1. The number of nitrogens with one attached hydrogen (secondary N) is 4. The molecule has 4 bridgehead atoms. The van der Waals surface area contributed by atoms with E-state index >= 15 is 0 Å². The summed E-state index contributed by atoms with van der Waals surface area (Å²) in [6.07, 6.45) is 0.0458. The van der Waals surface area contributed by atoms with Gasteiger partial charge in [-0.1, -0.05) is 32.9 Å². The van der Waals surface area contributed by atoms with Crippen LogP contribution in [0.5, 0.6) is 17.2 Å². The van der Waals surface area contributed by atoms with Gasteiger partial charge in [0.1, 0.15) is 61.2 Å². The zero-order valence-corrected chi connectivity index (χ0v) is 35.8. The lowest BCUT2D eigenvalue weighted by molar-refractivity contribution is -0.141. The Bertz CT molecular complexity index is 2100. The van der Waals surface area contributed by atoms with E-state index in [4.69, 9.17) is 36.7 Å². The molecule has 3 aromatic rings. The summed E-state index contributed by atoms with van der Waals surface area (Å²) in [5, 5.41) is 19.9. The van der Waals surface area contributed by atoms with Gasteiger partial charge in [-0.05, 0) is 91.4 Å². The third-order valence-corrected chi connectivity index (χ3v) is 9.73. The predicted octanol–water partition coefficient (Wildman–Crippen LogP) is 1.59. The van der Waals surface area contributed by atoms with Gasteiger partial charge in [0.2, 0.25) is 23.6 Å². The Kier molecular flexibility index (Phi) is 17.0. The molecule has 1 aliphatic heterocycles. The van der Waals surface area contributed by atoms with Gasteiger partial charge in [0.15, 0.2) is 0 Å². The summed E-state index contributed by atoms with van der Waals surface area (Å²) in [6.45, 7) is 10.3. The molecule has 0 saturated carbocycles. The number of fused-ring (bicyclic) bond motifs is 5. The van der Waals surface area contributed by atoms with Crippen LogP contribution in [0.2, 0.25) is 0 Å². The van der Waals surface area contributed by atoms with Crippen LogP contribution >= 0.6 is 0 Å². The maximum absolute atomic E-state index is 14.5. The molecule has 61 heavy (non-hydrogen) atoms. The van der Waals surface area contributed by atoms with Crippen molar-refractivity contribution in [3.8, 4) is 34.4 Å². The van der Waals surface area contributed by atoms with E-state index in [1.54, 1.807) is 61.5 Å². The van der Waals surface area contributed by atoms with Crippen molar-refractivity contribution in [3.63, 3.8) is 0 Å². The molecule has 10 N–H and O–H groups in total. The Morgan fingerprint density at radius 2 is 1.56 bits per heavy atom. The van der Waals surface area contributed by atoms with Crippen LogP contribution in [0.1, 0.15) is 67.2 Å². The van der Waals surface area contributed by atoms with Gasteiger partial charge >= 0.3 is 0 Å². The second kappa shape index (κ2) is 21.9. The number of carbonyl (C=O) groups is 5. The second-order valence-corrected chi connectivity index (χ2v) is 16.0. The average molecular weight is 842 g/mol. The lowest BCUT2D eigenvalue weighted by Crippen LogP contribution is -2.56. The minimum absolute atomic E-state index is 0.00921. The first-order valence-corrected chi connectivity index (χ1v) is 20.2. The Balaban J connectivity index is 1.82. The molecule has 0 aromatic heterocycles. The van der Waals surface area contributed by atoms with E-state index in [0.717, 1.165) is 0 Å². The van der Waals surface area contributed by atoms with Crippen molar-refractivity contribution in [2.75, 3.05) is 53.0 Å². The molecule has 0 spiro atoms. The number of nitriles is 1. The lowest BCUT2D eigenvalue weighted by Gasteiger charge is -2.32. The normalized spacial score (nSPS) is 17.0. The first kappa shape index (κ1) is 47.5. The maximum atomic E-state index is 14.5. The van der Waals surface area contributed by atoms with Crippen LogP contribution in [-0.4, -0.2) is 106 Å². The monoisotopic (exact) mass is 841 g/mol. The van der Waals surface area contributed by atoms with Crippen LogP contribution in [0.15, 0.2) is 54.6 Å². The van der Waals surface area contributed by atoms with E-state index in [1.807, 2.05) is 6.07 Å². The zero-order valence-electron chi connectivity index (χ0n) is 35.8. The quantitative estimate of drug-likeness (QED) is 0.101. The van der Waals surface area contributed by atoms with Gasteiger partial charge in [-0.15, -0.1) is 0 Å². The number of aryl methyl sites for hydroxylation is 1. The standard InChI is InChI=1S/C44H59N9O8/c1-26-21-30(61-25-44(3,4)5)9-10-31(26)40(55)51-34(13-14-45)43(58)53(6)38-29-8-12-37(60-20-17-48)33(24-29)32-22-28(7-11-36(32)59-19-16-47)23-35(41(56)49-18-15-46)52-39(54)27(2)50-42(38)57/h7-12,21-22,24,27,34-35,38H,13-14,16-20,23,25,45,47-48H2,1-6H3,(H,49,56)(H,50,57)(H,51,55)(H,52,54)/t27-,34-,35-,38-/m0/s1. The molecule has 328 valence electrons. The minimum Gasteiger partial charge on any atom is -0.493 e. The number of hydrogen-bond acceptors (Lipinski definition) is 12.